The monoisotopic (exact) mass is 486 g/mol. The molecule has 1 aromatic heterocycles. The molecule has 0 aliphatic rings. The summed E-state index contributed by atoms with van der Waals surface area (Å²) in [6.45, 7) is 8.47. The van der Waals surface area contributed by atoms with Crippen molar-refractivity contribution in [3.05, 3.63) is 58.5 Å². The molecule has 9 nitrogen and oxygen atoms in total. The van der Waals surface area contributed by atoms with E-state index < -0.39 is 15.9 Å². The SMILES string of the molecule is CCCn1nc(C(=O)Nc2ccc(OCC)c(S(=O)(=O)N(CC)CC)c2)c2ccccc2c1=O. The lowest BCUT2D eigenvalue weighted by Crippen LogP contribution is -2.31. The number of fused-ring (bicyclic) bond motifs is 1. The maximum Gasteiger partial charge on any atom is 0.276 e. The molecule has 1 amide bonds. The zero-order valence-corrected chi connectivity index (χ0v) is 20.7. The van der Waals surface area contributed by atoms with E-state index in [1.807, 2.05) is 6.92 Å². The summed E-state index contributed by atoms with van der Waals surface area (Å²) >= 11 is 0. The van der Waals surface area contributed by atoms with Gasteiger partial charge in [-0.15, -0.1) is 0 Å². The van der Waals surface area contributed by atoms with Gasteiger partial charge in [0.1, 0.15) is 10.6 Å². The molecule has 3 rings (SSSR count). The smallest absolute Gasteiger partial charge is 0.276 e. The largest absolute Gasteiger partial charge is 0.492 e. The van der Waals surface area contributed by atoms with Gasteiger partial charge >= 0.3 is 0 Å². The number of carbonyl (C=O) groups excluding carboxylic acids is 1. The second-order valence-corrected chi connectivity index (χ2v) is 9.47. The van der Waals surface area contributed by atoms with Gasteiger partial charge in [0, 0.05) is 30.7 Å². The van der Waals surface area contributed by atoms with Gasteiger partial charge in [0.2, 0.25) is 10.0 Å². The molecule has 2 aromatic carbocycles. The Morgan fingerprint density at radius 3 is 2.35 bits per heavy atom. The maximum atomic E-state index is 13.2. The van der Waals surface area contributed by atoms with Crippen LogP contribution in [-0.2, 0) is 16.6 Å². The molecule has 1 heterocycles. The van der Waals surface area contributed by atoms with Gasteiger partial charge in [-0.2, -0.15) is 9.40 Å². The zero-order valence-electron chi connectivity index (χ0n) is 19.9. The molecule has 1 N–H and O–H groups in total. The Balaban J connectivity index is 2.07. The fourth-order valence-electron chi connectivity index (χ4n) is 3.72. The van der Waals surface area contributed by atoms with Crippen molar-refractivity contribution in [2.75, 3.05) is 25.0 Å². The Kier molecular flexibility index (Phi) is 8.06. The van der Waals surface area contributed by atoms with Crippen molar-refractivity contribution < 1.29 is 17.9 Å². The normalized spacial score (nSPS) is 11.7. The van der Waals surface area contributed by atoms with Crippen molar-refractivity contribution in [2.24, 2.45) is 0 Å². The Hall–Kier alpha value is -3.24. The first-order chi connectivity index (χ1) is 16.3. The van der Waals surface area contributed by atoms with Crippen LogP contribution in [0, 0.1) is 0 Å². The van der Waals surface area contributed by atoms with Gasteiger partial charge in [-0.3, -0.25) is 9.59 Å². The molecule has 0 saturated carbocycles. The Labute approximate surface area is 199 Å². The van der Waals surface area contributed by atoms with Gasteiger partial charge in [0.25, 0.3) is 11.5 Å². The lowest BCUT2D eigenvalue weighted by atomic mass is 10.1. The number of benzene rings is 2. The molecule has 0 saturated heterocycles. The molecule has 0 aliphatic heterocycles. The van der Waals surface area contributed by atoms with Gasteiger partial charge in [0.05, 0.1) is 12.0 Å². The van der Waals surface area contributed by atoms with E-state index in [1.165, 1.54) is 21.1 Å². The molecule has 0 aliphatic carbocycles. The third-order valence-electron chi connectivity index (χ3n) is 5.34. The van der Waals surface area contributed by atoms with Crippen LogP contribution < -0.4 is 15.6 Å². The molecular weight excluding hydrogens is 456 g/mol. The van der Waals surface area contributed by atoms with E-state index in [4.69, 9.17) is 4.74 Å². The van der Waals surface area contributed by atoms with Crippen molar-refractivity contribution in [3.8, 4) is 5.75 Å². The van der Waals surface area contributed by atoms with Gasteiger partial charge in [-0.1, -0.05) is 39.0 Å². The molecular formula is C24H30N4O5S. The van der Waals surface area contributed by atoms with E-state index in [2.05, 4.69) is 10.4 Å². The first-order valence-corrected chi connectivity index (χ1v) is 12.8. The average molecular weight is 487 g/mol. The van der Waals surface area contributed by atoms with Crippen LogP contribution in [0.25, 0.3) is 10.8 Å². The standard InChI is InChI=1S/C24H30N4O5S/c1-5-15-28-24(30)19-12-10-9-11-18(19)22(26-28)23(29)25-17-13-14-20(33-8-4)21(16-17)34(31,32)27(6-2)7-3/h9-14,16H,5-8,15H2,1-4H3,(H,25,29). The Bertz CT molecular complexity index is 1350. The van der Waals surface area contributed by atoms with Gasteiger partial charge < -0.3 is 10.1 Å². The van der Waals surface area contributed by atoms with Crippen LogP contribution in [0.15, 0.2) is 52.2 Å². The van der Waals surface area contributed by atoms with Gasteiger partial charge in [-0.05, 0) is 37.6 Å². The highest BCUT2D eigenvalue weighted by Gasteiger charge is 2.27. The molecule has 3 aromatic rings. The van der Waals surface area contributed by atoms with Crippen LogP contribution in [0.4, 0.5) is 5.69 Å². The van der Waals surface area contributed by atoms with Gasteiger partial charge in [0.15, 0.2) is 5.69 Å². The number of anilines is 1. The third-order valence-corrected chi connectivity index (χ3v) is 7.41. The van der Waals surface area contributed by atoms with Crippen molar-refractivity contribution >= 4 is 32.4 Å². The number of aryl methyl sites for hydroxylation is 1. The van der Waals surface area contributed by atoms with Crippen molar-refractivity contribution in [2.45, 2.75) is 45.6 Å². The highest BCUT2D eigenvalue weighted by atomic mass is 32.2. The van der Waals surface area contributed by atoms with E-state index in [0.717, 1.165) is 0 Å². The van der Waals surface area contributed by atoms with Crippen LogP contribution in [0.3, 0.4) is 0 Å². The third kappa shape index (κ3) is 4.97. The second kappa shape index (κ2) is 10.8. The van der Waals surface area contributed by atoms with Crippen molar-refractivity contribution in [1.29, 1.82) is 0 Å². The molecule has 0 atom stereocenters. The summed E-state index contributed by atoms with van der Waals surface area (Å²) in [5.41, 5.74) is 0.103. The number of amides is 1. The Morgan fingerprint density at radius 1 is 1.06 bits per heavy atom. The summed E-state index contributed by atoms with van der Waals surface area (Å²) in [6, 6.07) is 11.3. The fourth-order valence-corrected chi connectivity index (χ4v) is 5.34. The average Bonchev–Trinajstić information content (AvgIpc) is 2.82. The summed E-state index contributed by atoms with van der Waals surface area (Å²) < 4.78 is 34.6. The number of ether oxygens (including phenoxy) is 1. The summed E-state index contributed by atoms with van der Waals surface area (Å²) in [5, 5.41) is 7.87. The molecule has 10 heteroatoms. The topological polar surface area (TPSA) is 111 Å². The summed E-state index contributed by atoms with van der Waals surface area (Å²) in [6.07, 6.45) is 0.678. The van der Waals surface area contributed by atoms with Crippen LogP contribution in [0.1, 0.15) is 44.6 Å². The van der Waals surface area contributed by atoms with E-state index >= 15 is 0 Å². The molecule has 0 radical (unpaired) electrons. The number of hydrogen-bond acceptors (Lipinski definition) is 6. The van der Waals surface area contributed by atoms with Crippen molar-refractivity contribution in [3.63, 3.8) is 0 Å². The molecule has 0 unspecified atom stereocenters. The summed E-state index contributed by atoms with van der Waals surface area (Å²) in [4.78, 5) is 25.9. The Morgan fingerprint density at radius 2 is 1.74 bits per heavy atom. The van der Waals surface area contributed by atoms with Crippen LogP contribution in [0.2, 0.25) is 0 Å². The van der Waals surface area contributed by atoms with E-state index in [1.54, 1.807) is 51.1 Å². The first-order valence-electron chi connectivity index (χ1n) is 11.4. The predicted octanol–water partition coefficient (Wildman–Crippen LogP) is 3.49. The number of sulfonamides is 1. The fraction of sp³-hybridized carbons (Fsp3) is 0.375. The second-order valence-electron chi connectivity index (χ2n) is 7.56. The van der Waals surface area contributed by atoms with Crippen molar-refractivity contribution in [1.82, 2.24) is 14.1 Å². The van der Waals surface area contributed by atoms with Gasteiger partial charge in [-0.25, -0.2) is 13.1 Å². The zero-order chi connectivity index (χ0) is 24.9. The number of carbonyl (C=O) groups is 1. The number of aromatic nitrogens is 2. The quantitative estimate of drug-likeness (QED) is 0.470. The summed E-state index contributed by atoms with van der Waals surface area (Å²) in [7, 11) is -3.84. The number of hydrogen-bond donors (Lipinski definition) is 1. The van der Waals surface area contributed by atoms with Crippen LogP contribution in [-0.4, -0.2) is 48.1 Å². The minimum Gasteiger partial charge on any atom is -0.492 e. The minimum absolute atomic E-state index is 0.0235. The van der Waals surface area contributed by atoms with E-state index in [0.29, 0.717) is 43.4 Å². The molecule has 34 heavy (non-hydrogen) atoms. The van der Waals surface area contributed by atoms with Crippen LogP contribution >= 0.6 is 0 Å². The van der Waals surface area contributed by atoms with E-state index in [9.17, 15) is 18.0 Å². The maximum absolute atomic E-state index is 13.2. The van der Waals surface area contributed by atoms with Crippen LogP contribution in [0.5, 0.6) is 5.75 Å². The predicted molar refractivity (Wildman–Crippen MR) is 132 cm³/mol. The first kappa shape index (κ1) is 25.4. The lowest BCUT2D eigenvalue weighted by molar-refractivity contribution is 0.102. The lowest BCUT2D eigenvalue weighted by Gasteiger charge is -2.21. The molecule has 0 fully saturated rings. The van der Waals surface area contributed by atoms with E-state index in [-0.39, 0.29) is 27.6 Å². The molecule has 0 spiro atoms. The summed E-state index contributed by atoms with van der Waals surface area (Å²) in [5.74, 6) is -0.330. The number of rotatable bonds is 10. The number of nitrogens with one attached hydrogen (secondary N) is 1. The highest BCUT2D eigenvalue weighted by molar-refractivity contribution is 7.89. The highest BCUT2D eigenvalue weighted by Crippen LogP contribution is 2.30. The minimum atomic E-state index is -3.84. The molecule has 0 bridgehead atoms. The molecule has 182 valence electrons. The number of nitrogens with zero attached hydrogens (tertiary/aromatic N) is 3.